The maximum atomic E-state index is 13.7. The molecular weight excluding hydrogens is 560 g/mol. The zero-order valence-corrected chi connectivity index (χ0v) is 27.9. The van der Waals surface area contributed by atoms with Crippen LogP contribution >= 0.6 is 0 Å². The molecule has 1 saturated heterocycles. The third-order valence-corrected chi connectivity index (χ3v) is 13.7. The van der Waals surface area contributed by atoms with E-state index in [-0.39, 0.29) is 22.7 Å². The van der Waals surface area contributed by atoms with E-state index in [1.165, 1.54) is 11.9 Å². The molecule has 0 aromatic heterocycles. The summed E-state index contributed by atoms with van der Waals surface area (Å²) in [6.45, 7) is 15.0. The topological polar surface area (TPSA) is 137 Å². The Kier molecular flexibility index (Phi) is 9.45. The van der Waals surface area contributed by atoms with Crippen molar-refractivity contribution in [2.45, 2.75) is 143 Å². The molecule has 2 unspecified atom stereocenters. The van der Waals surface area contributed by atoms with Gasteiger partial charge in [-0.15, -0.1) is 0 Å². The molecule has 0 aromatic carbocycles. The quantitative estimate of drug-likeness (QED) is 0.201. The van der Waals surface area contributed by atoms with E-state index >= 15 is 0 Å². The number of carbonyl (C=O) groups is 1. The Labute approximate surface area is 263 Å². The molecular formula is C36H58O8. The summed E-state index contributed by atoms with van der Waals surface area (Å²) in [5.41, 5.74) is 0.774. The number of rotatable bonds is 8. The van der Waals surface area contributed by atoms with Gasteiger partial charge in [0.05, 0.1) is 18.8 Å². The molecule has 0 amide bonds. The third kappa shape index (κ3) is 5.10. The summed E-state index contributed by atoms with van der Waals surface area (Å²) in [5, 5.41) is 53.0. The van der Waals surface area contributed by atoms with E-state index in [9.17, 15) is 30.3 Å². The Hall–Kier alpha value is -1.13. The number of carbonyl (C=O) groups excluding carboxylic acids is 1. The molecule has 250 valence electrons. The number of allylic oxidation sites excluding steroid dienone is 2. The lowest BCUT2D eigenvalue weighted by atomic mass is 9.38. The van der Waals surface area contributed by atoms with Crippen LogP contribution in [0, 0.1) is 45.3 Å². The van der Waals surface area contributed by atoms with Gasteiger partial charge in [0.15, 0.2) is 6.29 Å². The Morgan fingerprint density at radius 1 is 1.00 bits per heavy atom. The highest BCUT2D eigenvalue weighted by atomic mass is 16.7. The first-order valence-electron chi connectivity index (χ1n) is 17.0. The van der Waals surface area contributed by atoms with Gasteiger partial charge in [0.1, 0.15) is 30.7 Å². The monoisotopic (exact) mass is 618 g/mol. The second-order valence-electron chi connectivity index (χ2n) is 16.3. The SMILES string of the molecule is CC(C)=CCC[C@@H](C)[C@H]1CC[C@@]2(C)C3[C@@H](O[C@@H]4O[C@H](CO)[C@@H](O)[C@H](O)[C@H]4O)C=C4C(CC[C@H](O)C4(C)C)[C@]3(C=O)CC[C@]12C. The fourth-order valence-corrected chi connectivity index (χ4v) is 10.8. The van der Waals surface area contributed by atoms with Crippen molar-refractivity contribution in [1.82, 2.24) is 0 Å². The Bertz CT molecular complexity index is 1130. The number of ether oxygens (including phenoxy) is 2. The third-order valence-electron chi connectivity index (χ3n) is 13.7. The summed E-state index contributed by atoms with van der Waals surface area (Å²) < 4.78 is 12.6. The van der Waals surface area contributed by atoms with Crippen LogP contribution in [0.1, 0.15) is 99.8 Å². The first-order chi connectivity index (χ1) is 20.6. The smallest absolute Gasteiger partial charge is 0.187 e. The molecule has 0 radical (unpaired) electrons. The van der Waals surface area contributed by atoms with Crippen LogP contribution < -0.4 is 0 Å². The number of aliphatic hydroxyl groups is 5. The maximum Gasteiger partial charge on any atom is 0.187 e. The first-order valence-corrected chi connectivity index (χ1v) is 17.0. The highest BCUT2D eigenvalue weighted by molar-refractivity contribution is 5.65. The molecule has 5 aliphatic rings. The van der Waals surface area contributed by atoms with Gasteiger partial charge in [-0.2, -0.15) is 0 Å². The number of aliphatic hydroxyl groups excluding tert-OH is 5. The summed E-state index contributed by atoms with van der Waals surface area (Å²) in [7, 11) is 0. The van der Waals surface area contributed by atoms with Crippen LogP contribution in [-0.2, 0) is 14.3 Å². The minimum Gasteiger partial charge on any atom is -0.394 e. The molecule has 8 nitrogen and oxygen atoms in total. The summed E-state index contributed by atoms with van der Waals surface area (Å²) in [6, 6.07) is 0. The van der Waals surface area contributed by atoms with Gasteiger partial charge in [0.2, 0.25) is 0 Å². The summed E-state index contributed by atoms with van der Waals surface area (Å²) >= 11 is 0. The molecule has 44 heavy (non-hydrogen) atoms. The molecule has 1 aliphatic heterocycles. The van der Waals surface area contributed by atoms with E-state index in [4.69, 9.17) is 9.47 Å². The molecule has 5 rings (SSSR count). The van der Waals surface area contributed by atoms with Crippen molar-refractivity contribution >= 4 is 6.29 Å². The molecule has 0 bridgehead atoms. The number of fused-ring (bicyclic) bond motifs is 5. The van der Waals surface area contributed by atoms with Crippen molar-refractivity contribution in [1.29, 1.82) is 0 Å². The van der Waals surface area contributed by atoms with E-state index in [2.05, 4.69) is 46.8 Å². The maximum absolute atomic E-state index is 13.7. The molecule has 3 saturated carbocycles. The van der Waals surface area contributed by atoms with Gasteiger partial charge >= 0.3 is 0 Å². The zero-order chi connectivity index (χ0) is 32.4. The predicted molar refractivity (Wildman–Crippen MR) is 167 cm³/mol. The van der Waals surface area contributed by atoms with Crippen LogP contribution in [0.15, 0.2) is 23.3 Å². The van der Waals surface area contributed by atoms with E-state index < -0.39 is 60.4 Å². The fourth-order valence-electron chi connectivity index (χ4n) is 10.8. The van der Waals surface area contributed by atoms with Crippen LogP contribution in [0.25, 0.3) is 0 Å². The lowest BCUT2D eigenvalue weighted by Gasteiger charge is -2.66. The van der Waals surface area contributed by atoms with Gasteiger partial charge in [-0.05, 0) is 93.8 Å². The van der Waals surface area contributed by atoms with Gasteiger partial charge in [0, 0.05) is 16.7 Å². The fraction of sp³-hybridized carbons (Fsp3) is 0.861. The van der Waals surface area contributed by atoms with Crippen molar-refractivity contribution < 1.29 is 39.8 Å². The molecule has 0 aromatic rings. The van der Waals surface area contributed by atoms with Gasteiger partial charge < -0.3 is 39.8 Å². The number of aldehydes is 1. The van der Waals surface area contributed by atoms with Crippen LogP contribution in [0.2, 0.25) is 0 Å². The number of hydrogen-bond donors (Lipinski definition) is 5. The number of hydrogen-bond acceptors (Lipinski definition) is 8. The molecule has 4 aliphatic carbocycles. The van der Waals surface area contributed by atoms with Crippen molar-refractivity contribution in [3.8, 4) is 0 Å². The predicted octanol–water partition coefficient (Wildman–Crippen LogP) is 4.31. The molecule has 0 spiro atoms. The average Bonchev–Trinajstić information content (AvgIpc) is 3.25. The molecule has 1 heterocycles. The largest absolute Gasteiger partial charge is 0.394 e. The van der Waals surface area contributed by atoms with E-state index in [0.717, 1.165) is 50.5 Å². The second kappa shape index (κ2) is 12.1. The van der Waals surface area contributed by atoms with Gasteiger partial charge in [0.25, 0.3) is 0 Å². The first kappa shape index (κ1) is 34.2. The Balaban J connectivity index is 1.59. The lowest BCUT2D eigenvalue weighted by molar-refractivity contribution is -0.321. The Morgan fingerprint density at radius 3 is 2.34 bits per heavy atom. The highest BCUT2D eigenvalue weighted by Crippen LogP contribution is 2.75. The molecule has 5 N–H and O–H groups in total. The van der Waals surface area contributed by atoms with E-state index in [0.29, 0.717) is 18.3 Å². The Morgan fingerprint density at radius 2 is 1.70 bits per heavy atom. The van der Waals surface area contributed by atoms with E-state index in [1.807, 2.05) is 13.8 Å². The normalized spacial score (nSPS) is 48.8. The minimum atomic E-state index is -1.55. The molecule has 8 heteroatoms. The van der Waals surface area contributed by atoms with Gasteiger partial charge in [-0.25, -0.2) is 0 Å². The van der Waals surface area contributed by atoms with Crippen molar-refractivity contribution in [3.63, 3.8) is 0 Å². The van der Waals surface area contributed by atoms with Gasteiger partial charge in [-0.1, -0.05) is 57.9 Å². The van der Waals surface area contributed by atoms with Crippen LogP contribution in [0.3, 0.4) is 0 Å². The average molecular weight is 619 g/mol. The summed E-state index contributed by atoms with van der Waals surface area (Å²) in [4.78, 5) is 13.7. The summed E-state index contributed by atoms with van der Waals surface area (Å²) in [5.74, 6) is 0.775. The lowest BCUT2D eigenvalue weighted by Crippen LogP contribution is -2.66. The highest BCUT2D eigenvalue weighted by Gasteiger charge is 2.71. The van der Waals surface area contributed by atoms with E-state index in [1.54, 1.807) is 0 Å². The van der Waals surface area contributed by atoms with Crippen LogP contribution in [0.5, 0.6) is 0 Å². The van der Waals surface area contributed by atoms with Crippen molar-refractivity contribution in [2.24, 2.45) is 45.3 Å². The zero-order valence-electron chi connectivity index (χ0n) is 27.9. The van der Waals surface area contributed by atoms with Crippen LogP contribution in [0.4, 0.5) is 0 Å². The minimum absolute atomic E-state index is 0.0198. The molecule has 4 fully saturated rings. The molecule has 14 atom stereocenters. The van der Waals surface area contributed by atoms with Crippen molar-refractivity contribution in [3.05, 3.63) is 23.3 Å². The second-order valence-corrected chi connectivity index (χ2v) is 16.3. The van der Waals surface area contributed by atoms with Gasteiger partial charge in [-0.3, -0.25) is 0 Å². The summed E-state index contributed by atoms with van der Waals surface area (Å²) in [6.07, 6.45) is 4.71. The standard InChI is InChI=1S/C36H58O8/c1-20(2)9-8-10-21(3)22-13-14-35(7)31-25(43-32-30(42)29(41)28(40)26(18-37)44-32)17-24-23(11-12-27(39)33(24,4)5)36(31,19-38)16-15-34(22,35)6/h9,17,19,21-23,25-32,37,39-42H,8,10-16,18H2,1-7H3/t21-,22-,23?,25+,26-,27+,28-,29+,30-,31?,32-,34-,35+,36-/m1/s1. The van der Waals surface area contributed by atoms with Crippen molar-refractivity contribution in [2.75, 3.05) is 6.61 Å². The van der Waals surface area contributed by atoms with Crippen LogP contribution in [-0.4, -0.2) is 81.3 Å².